The lowest BCUT2D eigenvalue weighted by molar-refractivity contribution is 0.361. The van der Waals surface area contributed by atoms with Crippen molar-refractivity contribution in [3.63, 3.8) is 0 Å². The molecule has 0 amide bonds. The Labute approximate surface area is 62.6 Å². The van der Waals surface area contributed by atoms with Crippen molar-refractivity contribution in [2.45, 2.75) is 19.5 Å². The first-order valence-corrected chi connectivity index (χ1v) is 4.11. The smallest absolute Gasteiger partial charge is 0.0700 e. The second kappa shape index (κ2) is 4.66. The Hall–Kier alpha value is -0.120. The highest BCUT2D eigenvalue weighted by Gasteiger charge is 2.08. The van der Waals surface area contributed by atoms with Gasteiger partial charge in [-0.1, -0.05) is 6.92 Å². The monoisotopic (exact) mass is 143 g/mol. The van der Waals surface area contributed by atoms with Crippen LogP contribution in [-0.2, 0) is 0 Å². The molecule has 3 heteroatoms. The summed E-state index contributed by atoms with van der Waals surface area (Å²) in [5.41, 5.74) is 0. The number of rotatable bonds is 3. The predicted octanol–water partition coefficient (Wildman–Crippen LogP) is -0.495. The first-order valence-electron chi connectivity index (χ1n) is 4.11. The number of hydrogen-bond donors (Lipinski definition) is 3. The highest BCUT2D eigenvalue weighted by atomic mass is 15.2. The van der Waals surface area contributed by atoms with Crippen molar-refractivity contribution in [1.82, 2.24) is 16.0 Å². The Kier molecular flexibility index (Phi) is 3.72. The van der Waals surface area contributed by atoms with Crippen LogP contribution in [0.1, 0.15) is 13.3 Å². The largest absolute Gasteiger partial charge is 0.313 e. The zero-order valence-corrected chi connectivity index (χ0v) is 6.61. The molecule has 60 valence electrons. The van der Waals surface area contributed by atoms with Crippen molar-refractivity contribution in [1.29, 1.82) is 0 Å². The third-order valence-electron chi connectivity index (χ3n) is 1.68. The summed E-state index contributed by atoms with van der Waals surface area (Å²) in [6.45, 7) is 6.54. The van der Waals surface area contributed by atoms with Crippen LogP contribution in [0.5, 0.6) is 0 Å². The molecule has 1 atom stereocenters. The third kappa shape index (κ3) is 2.64. The van der Waals surface area contributed by atoms with Gasteiger partial charge in [-0.25, -0.2) is 0 Å². The van der Waals surface area contributed by atoms with Crippen molar-refractivity contribution in [2.24, 2.45) is 0 Å². The number of piperazine rings is 1. The first-order chi connectivity index (χ1) is 4.93. The van der Waals surface area contributed by atoms with Crippen molar-refractivity contribution < 1.29 is 0 Å². The van der Waals surface area contributed by atoms with Gasteiger partial charge in [0.25, 0.3) is 0 Å². The molecule has 1 heterocycles. The van der Waals surface area contributed by atoms with Crippen molar-refractivity contribution in [3.05, 3.63) is 0 Å². The fourth-order valence-electron chi connectivity index (χ4n) is 1.12. The molecule has 3 N–H and O–H groups in total. The van der Waals surface area contributed by atoms with Gasteiger partial charge in [-0.2, -0.15) is 0 Å². The molecule has 0 saturated carbocycles. The predicted molar refractivity (Wildman–Crippen MR) is 43.0 cm³/mol. The van der Waals surface area contributed by atoms with Gasteiger partial charge in [0, 0.05) is 19.6 Å². The van der Waals surface area contributed by atoms with Crippen LogP contribution in [0, 0.1) is 0 Å². The lowest BCUT2D eigenvalue weighted by Gasteiger charge is -2.25. The summed E-state index contributed by atoms with van der Waals surface area (Å²) >= 11 is 0. The van der Waals surface area contributed by atoms with E-state index in [0.717, 1.165) is 26.2 Å². The molecule has 1 aliphatic heterocycles. The molecule has 1 fully saturated rings. The van der Waals surface area contributed by atoms with Crippen LogP contribution in [0.2, 0.25) is 0 Å². The van der Waals surface area contributed by atoms with E-state index in [4.69, 9.17) is 0 Å². The van der Waals surface area contributed by atoms with Crippen LogP contribution in [0.4, 0.5) is 0 Å². The van der Waals surface area contributed by atoms with Crippen LogP contribution in [-0.4, -0.2) is 32.3 Å². The van der Waals surface area contributed by atoms with E-state index in [2.05, 4.69) is 22.9 Å². The van der Waals surface area contributed by atoms with Gasteiger partial charge in [0.1, 0.15) is 0 Å². The summed E-state index contributed by atoms with van der Waals surface area (Å²) < 4.78 is 0. The highest BCUT2D eigenvalue weighted by molar-refractivity contribution is 4.72. The maximum atomic E-state index is 3.40. The molecule has 0 aliphatic carbocycles. The van der Waals surface area contributed by atoms with E-state index in [1.807, 2.05) is 0 Å². The molecule has 0 radical (unpaired) electrons. The second-order valence-electron chi connectivity index (χ2n) is 2.66. The molecule has 1 rings (SSSR count). The molecule has 0 aromatic heterocycles. The Morgan fingerprint density at radius 2 is 2.40 bits per heavy atom. The van der Waals surface area contributed by atoms with Gasteiger partial charge in [0.05, 0.1) is 6.17 Å². The molecule has 1 aliphatic rings. The van der Waals surface area contributed by atoms with Crippen LogP contribution in [0.25, 0.3) is 0 Å². The summed E-state index contributed by atoms with van der Waals surface area (Å²) in [5, 5.41) is 10.1. The zero-order valence-electron chi connectivity index (χ0n) is 6.61. The molecule has 0 spiro atoms. The normalized spacial score (nSPS) is 26.7. The van der Waals surface area contributed by atoms with E-state index >= 15 is 0 Å². The van der Waals surface area contributed by atoms with Crippen molar-refractivity contribution in [2.75, 3.05) is 26.2 Å². The number of nitrogens with one attached hydrogen (secondary N) is 3. The van der Waals surface area contributed by atoms with E-state index in [1.165, 1.54) is 6.42 Å². The number of hydrogen-bond acceptors (Lipinski definition) is 3. The van der Waals surface area contributed by atoms with Crippen LogP contribution in [0.15, 0.2) is 0 Å². The van der Waals surface area contributed by atoms with Crippen LogP contribution >= 0.6 is 0 Å². The summed E-state index contributed by atoms with van der Waals surface area (Å²) in [4.78, 5) is 0. The summed E-state index contributed by atoms with van der Waals surface area (Å²) in [7, 11) is 0. The zero-order chi connectivity index (χ0) is 7.23. The van der Waals surface area contributed by atoms with Gasteiger partial charge >= 0.3 is 0 Å². The van der Waals surface area contributed by atoms with Crippen LogP contribution < -0.4 is 16.0 Å². The van der Waals surface area contributed by atoms with Gasteiger partial charge < -0.3 is 10.6 Å². The lowest BCUT2D eigenvalue weighted by Crippen LogP contribution is -2.55. The molecule has 3 nitrogen and oxygen atoms in total. The van der Waals surface area contributed by atoms with Crippen molar-refractivity contribution >= 4 is 0 Å². The minimum Gasteiger partial charge on any atom is -0.313 e. The van der Waals surface area contributed by atoms with Gasteiger partial charge in [0.15, 0.2) is 0 Å². The second-order valence-corrected chi connectivity index (χ2v) is 2.66. The average molecular weight is 143 g/mol. The molecule has 10 heavy (non-hydrogen) atoms. The summed E-state index contributed by atoms with van der Waals surface area (Å²) in [6.07, 6.45) is 1.70. The Morgan fingerprint density at radius 1 is 1.50 bits per heavy atom. The van der Waals surface area contributed by atoms with E-state index in [-0.39, 0.29) is 0 Å². The first kappa shape index (κ1) is 7.98. The topological polar surface area (TPSA) is 36.1 Å². The molecule has 0 aromatic rings. The standard InChI is InChI=1S/C7H17N3/c1-2-3-9-7-6-8-4-5-10-7/h7-10H,2-6H2,1H3. The Balaban J connectivity index is 2.02. The molecular weight excluding hydrogens is 126 g/mol. The molecule has 1 unspecified atom stereocenters. The molecule has 0 aromatic carbocycles. The molecule has 1 saturated heterocycles. The molecular formula is C7H17N3. The van der Waals surface area contributed by atoms with Gasteiger partial charge in [-0.05, 0) is 13.0 Å². The van der Waals surface area contributed by atoms with Gasteiger partial charge in [0.2, 0.25) is 0 Å². The Morgan fingerprint density at radius 3 is 3.00 bits per heavy atom. The fourth-order valence-corrected chi connectivity index (χ4v) is 1.12. The van der Waals surface area contributed by atoms with E-state index < -0.39 is 0 Å². The maximum absolute atomic E-state index is 3.40. The summed E-state index contributed by atoms with van der Waals surface area (Å²) in [5.74, 6) is 0. The fraction of sp³-hybridized carbons (Fsp3) is 1.00. The SMILES string of the molecule is CCCNC1CNCCN1. The minimum absolute atomic E-state index is 0.494. The van der Waals surface area contributed by atoms with E-state index in [0.29, 0.717) is 6.17 Å². The molecule has 0 bridgehead atoms. The van der Waals surface area contributed by atoms with E-state index in [9.17, 15) is 0 Å². The van der Waals surface area contributed by atoms with Crippen molar-refractivity contribution in [3.8, 4) is 0 Å². The van der Waals surface area contributed by atoms with Gasteiger partial charge in [-0.3, -0.25) is 5.32 Å². The van der Waals surface area contributed by atoms with Crippen LogP contribution in [0.3, 0.4) is 0 Å². The maximum Gasteiger partial charge on any atom is 0.0700 e. The van der Waals surface area contributed by atoms with E-state index in [1.54, 1.807) is 0 Å². The Bertz CT molecular complexity index is 78.9. The highest BCUT2D eigenvalue weighted by Crippen LogP contribution is 1.81. The third-order valence-corrected chi connectivity index (χ3v) is 1.68. The average Bonchev–Trinajstić information content (AvgIpc) is 2.03. The lowest BCUT2D eigenvalue weighted by atomic mass is 10.3. The summed E-state index contributed by atoms with van der Waals surface area (Å²) in [6, 6.07) is 0. The minimum atomic E-state index is 0.494. The van der Waals surface area contributed by atoms with Gasteiger partial charge in [-0.15, -0.1) is 0 Å². The quantitative estimate of drug-likeness (QED) is 0.499.